The van der Waals surface area contributed by atoms with Gasteiger partial charge in [-0.25, -0.2) is 17.6 Å². The predicted octanol–water partition coefficient (Wildman–Crippen LogP) is 2.43. The smallest absolute Gasteiger partial charge is 0.337 e. The second-order valence-corrected chi connectivity index (χ2v) is 8.28. The van der Waals surface area contributed by atoms with Crippen molar-refractivity contribution in [2.24, 2.45) is 0 Å². The van der Waals surface area contributed by atoms with Crippen LogP contribution in [0, 0.1) is 12.7 Å². The molecule has 3 rings (SSSR count). The van der Waals surface area contributed by atoms with Gasteiger partial charge in [0, 0.05) is 31.9 Å². The molecular weight excluding hydrogens is 371 g/mol. The number of benzene rings is 2. The fourth-order valence-electron chi connectivity index (χ4n) is 3.06. The molecule has 2 aromatic carbocycles. The van der Waals surface area contributed by atoms with Gasteiger partial charge in [-0.2, -0.15) is 4.31 Å². The molecule has 1 fully saturated rings. The number of piperazine rings is 1. The van der Waals surface area contributed by atoms with Gasteiger partial charge in [0.25, 0.3) is 0 Å². The molecule has 0 atom stereocenters. The first-order valence-electron chi connectivity index (χ1n) is 8.52. The highest BCUT2D eigenvalue weighted by Gasteiger charge is 2.29. The SMILES string of the molecule is COC(=O)c1cccc(N2CCN(S(=O)(=O)c3ccc(F)c(C)c3)CC2)c1. The Balaban J connectivity index is 1.73. The van der Waals surface area contributed by atoms with E-state index >= 15 is 0 Å². The van der Waals surface area contributed by atoms with E-state index in [4.69, 9.17) is 4.74 Å². The van der Waals surface area contributed by atoms with Gasteiger partial charge in [0.2, 0.25) is 10.0 Å². The van der Waals surface area contributed by atoms with Crippen LogP contribution in [0.25, 0.3) is 0 Å². The number of hydrogen-bond donors (Lipinski definition) is 0. The number of aryl methyl sites for hydroxylation is 1. The Morgan fingerprint density at radius 1 is 1.07 bits per heavy atom. The molecule has 1 aliphatic rings. The van der Waals surface area contributed by atoms with Crippen molar-refractivity contribution in [3.05, 3.63) is 59.4 Å². The number of nitrogens with zero attached hydrogens (tertiary/aromatic N) is 2. The maximum Gasteiger partial charge on any atom is 0.337 e. The molecule has 0 radical (unpaired) electrons. The quantitative estimate of drug-likeness (QED) is 0.748. The highest BCUT2D eigenvalue weighted by atomic mass is 32.2. The largest absolute Gasteiger partial charge is 0.465 e. The first kappa shape index (κ1) is 19.3. The van der Waals surface area contributed by atoms with Crippen LogP contribution in [-0.2, 0) is 14.8 Å². The third-order valence-corrected chi connectivity index (χ3v) is 6.53. The topological polar surface area (TPSA) is 66.9 Å². The fraction of sp³-hybridized carbons (Fsp3) is 0.316. The van der Waals surface area contributed by atoms with Crippen molar-refractivity contribution in [3.8, 4) is 0 Å². The van der Waals surface area contributed by atoms with E-state index in [0.29, 0.717) is 37.3 Å². The van der Waals surface area contributed by atoms with Gasteiger partial charge in [-0.1, -0.05) is 6.07 Å². The molecular formula is C19H21FN2O4S. The number of halogens is 1. The summed E-state index contributed by atoms with van der Waals surface area (Å²) in [6, 6.07) is 10.9. The van der Waals surface area contributed by atoms with Crippen LogP contribution in [0.2, 0.25) is 0 Å². The zero-order valence-electron chi connectivity index (χ0n) is 15.2. The van der Waals surface area contributed by atoms with E-state index in [1.54, 1.807) is 25.1 Å². The molecule has 0 aliphatic carbocycles. The summed E-state index contributed by atoms with van der Waals surface area (Å²) in [7, 11) is -2.34. The molecule has 0 bridgehead atoms. The number of carbonyl (C=O) groups is 1. The van der Waals surface area contributed by atoms with Gasteiger partial charge in [-0.15, -0.1) is 0 Å². The van der Waals surface area contributed by atoms with Gasteiger partial charge >= 0.3 is 5.97 Å². The van der Waals surface area contributed by atoms with Crippen molar-refractivity contribution in [2.75, 3.05) is 38.2 Å². The number of hydrogen-bond acceptors (Lipinski definition) is 5. The van der Waals surface area contributed by atoms with Gasteiger partial charge in [-0.3, -0.25) is 0 Å². The monoisotopic (exact) mass is 392 g/mol. The Kier molecular flexibility index (Phi) is 5.48. The van der Waals surface area contributed by atoms with Crippen LogP contribution < -0.4 is 4.90 Å². The Labute approximate surface area is 158 Å². The van der Waals surface area contributed by atoms with Crippen LogP contribution in [0.15, 0.2) is 47.4 Å². The van der Waals surface area contributed by atoms with E-state index in [2.05, 4.69) is 0 Å². The average Bonchev–Trinajstić information content (AvgIpc) is 2.69. The van der Waals surface area contributed by atoms with Gasteiger partial charge in [0.15, 0.2) is 0 Å². The number of rotatable bonds is 4. The Hall–Kier alpha value is -2.45. The Morgan fingerprint density at radius 2 is 1.78 bits per heavy atom. The minimum atomic E-state index is -3.67. The molecule has 0 spiro atoms. The molecule has 144 valence electrons. The molecule has 6 nitrogen and oxygen atoms in total. The summed E-state index contributed by atoms with van der Waals surface area (Å²) in [6.45, 7) is 3.14. The summed E-state index contributed by atoms with van der Waals surface area (Å²) >= 11 is 0. The van der Waals surface area contributed by atoms with E-state index in [-0.39, 0.29) is 4.90 Å². The normalized spacial score (nSPS) is 15.6. The van der Waals surface area contributed by atoms with Crippen LogP contribution in [0.5, 0.6) is 0 Å². The van der Waals surface area contributed by atoms with Crippen molar-refractivity contribution in [2.45, 2.75) is 11.8 Å². The Morgan fingerprint density at radius 3 is 2.41 bits per heavy atom. The van der Waals surface area contributed by atoms with Crippen LogP contribution >= 0.6 is 0 Å². The minimum Gasteiger partial charge on any atom is -0.465 e. The van der Waals surface area contributed by atoms with Crippen molar-refractivity contribution >= 4 is 21.7 Å². The van der Waals surface area contributed by atoms with E-state index < -0.39 is 21.8 Å². The number of anilines is 1. The van der Waals surface area contributed by atoms with Crippen LogP contribution in [-0.4, -0.2) is 52.0 Å². The summed E-state index contributed by atoms with van der Waals surface area (Å²) in [5.41, 5.74) is 1.59. The number of methoxy groups -OCH3 is 1. The van der Waals surface area contributed by atoms with E-state index in [1.807, 2.05) is 11.0 Å². The Bertz CT molecular complexity index is 954. The van der Waals surface area contributed by atoms with E-state index in [0.717, 1.165) is 5.69 Å². The number of sulfonamides is 1. The molecule has 1 aliphatic heterocycles. The molecule has 0 amide bonds. The number of ether oxygens (including phenoxy) is 1. The molecule has 1 saturated heterocycles. The van der Waals surface area contributed by atoms with E-state index in [9.17, 15) is 17.6 Å². The summed E-state index contributed by atoms with van der Waals surface area (Å²) in [6.07, 6.45) is 0. The summed E-state index contributed by atoms with van der Waals surface area (Å²) < 4.78 is 45.2. The zero-order chi connectivity index (χ0) is 19.6. The summed E-state index contributed by atoms with van der Waals surface area (Å²) in [5, 5.41) is 0. The van der Waals surface area contributed by atoms with Gasteiger partial charge < -0.3 is 9.64 Å². The third kappa shape index (κ3) is 3.96. The second kappa shape index (κ2) is 7.66. The minimum absolute atomic E-state index is 0.0996. The standard InChI is InChI=1S/C19H21FN2O4S/c1-14-12-17(6-7-18(14)20)27(24,25)22-10-8-21(9-11-22)16-5-3-4-15(13-16)19(23)26-2/h3-7,12-13H,8-11H2,1-2H3. The van der Waals surface area contributed by atoms with Crippen LogP contribution in [0.4, 0.5) is 10.1 Å². The lowest BCUT2D eigenvalue weighted by molar-refractivity contribution is 0.0600. The lowest BCUT2D eigenvalue weighted by atomic mass is 10.2. The lowest BCUT2D eigenvalue weighted by Crippen LogP contribution is -2.48. The van der Waals surface area contributed by atoms with Crippen molar-refractivity contribution in [3.63, 3.8) is 0 Å². The lowest BCUT2D eigenvalue weighted by Gasteiger charge is -2.35. The molecule has 0 unspecified atom stereocenters. The first-order valence-corrected chi connectivity index (χ1v) is 9.96. The number of esters is 1. The number of carbonyl (C=O) groups excluding carboxylic acids is 1. The third-order valence-electron chi connectivity index (χ3n) is 4.64. The average molecular weight is 392 g/mol. The highest BCUT2D eigenvalue weighted by Crippen LogP contribution is 2.23. The maximum absolute atomic E-state index is 13.4. The van der Waals surface area contributed by atoms with Crippen molar-refractivity contribution in [1.29, 1.82) is 0 Å². The molecule has 27 heavy (non-hydrogen) atoms. The second-order valence-electron chi connectivity index (χ2n) is 6.34. The molecule has 1 heterocycles. The predicted molar refractivity (Wildman–Crippen MR) is 99.9 cm³/mol. The van der Waals surface area contributed by atoms with Gasteiger partial charge in [0.1, 0.15) is 5.82 Å². The molecule has 2 aromatic rings. The van der Waals surface area contributed by atoms with Crippen molar-refractivity contribution < 1.29 is 22.3 Å². The van der Waals surface area contributed by atoms with Crippen LogP contribution in [0.3, 0.4) is 0 Å². The molecule has 8 heteroatoms. The maximum atomic E-state index is 13.4. The first-order chi connectivity index (χ1) is 12.8. The van der Waals surface area contributed by atoms with Gasteiger partial charge in [0.05, 0.1) is 17.6 Å². The molecule has 0 saturated carbocycles. The van der Waals surface area contributed by atoms with Gasteiger partial charge in [-0.05, 0) is 48.9 Å². The molecule has 0 N–H and O–H groups in total. The van der Waals surface area contributed by atoms with Crippen molar-refractivity contribution in [1.82, 2.24) is 4.31 Å². The zero-order valence-corrected chi connectivity index (χ0v) is 16.0. The highest BCUT2D eigenvalue weighted by molar-refractivity contribution is 7.89. The summed E-state index contributed by atoms with van der Waals surface area (Å²) in [5.74, 6) is -0.839. The molecule has 0 aromatic heterocycles. The summed E-state index contributed by atoms with van der Waals surface area (Å²) in [4.78, 5) is 13.8. The van der Waals surface area contributed by atoms with E-state index in [1.165, 1.54) is 29.6 Å². The van der Waals surface area contributed by atoms with Crippen LogP contribution in [0.1, 0.15) is 15.9 Å². The fourth-order valence-corrected chi connectivity index (χ4v) is 4.57.